The predicted molar refractivity (Wildman–Crippen MR) is 71.1 cm³/mol. The number of rotatable bonds is 3. The summed E-state index contributed by atoms with van der Waals surface area (Å²) in [5, 5.41) is 0. The van der Waals surface area contributed by atoms with Gasteiger partial charge in [0.05, 0.1) is 11.0 Å². The van der Waals surface area contributed by atoms with Gasteiger partial charge in [-0.1, -0.05) is 31.1 Å². The van der Waals surface area contributed by atoms with Crippen LogP contribution in [0.25, 0.3) is 11.0 Å². The van der Waals surface area contributed by atoms with Crippen LogP contribution in [-0.2, 0) is 6.54 Å². The predicted octanol–water partition coefficient (Wildman–Crippen LogP) is 3.88. The highest BCUT2D eigenvalue weighted by molar-refractivity contribution is 5.76. The lowest BCUT2D eigenvalue weighted by atomic mass is 10.1. The second-order valence-electron chi connectivity index (χ2n) is 4.84. The van der Waals surface area contributed by atoms with Gasteiger partial charge >= 0.3 is 0 Å². The summed E-state index contributed by atoms with van der Waals surface area (Å²) >= 11 is 0. The van der Waals surface area contributed by atoms with Crippen molar-refractivity contribution in [2.45, 2.75) is 38.1 Å². The molecule has 1 aromatic heterocycles. The molecule has 1 aromatic carbocycles. The van der Waals surface area contributed by atoms with Crippen LogP contribution in [0, 0.1) is 0 Å². The highest BCUT2D eigenvalue weighted by atomic mass is 15.1. The summed E-state index contributed by atoms with van der Waals surface area (Å²) in [5.74, 6) is 1.92. The van der Waals surface area contributed by atoms with E-state index in [2.05, 4.69) is 35.4 Å². The molecule has 0 unspecified atom stereocenters. The quantitative estimate of drug-likeness (QED) is 0.726. The van der Waals surface area contributed by atoms with E-state index in [0.717, 1.165) is 12.1 Å². The molecule has 3 rings (SSSR count). The van der Waals surface area contributed by atoms with Gasteiger partial charge in [-0.25, -0.2) is 4.98 Å². The topological polar surface area (TPSA) is 17.8 Å². The third-order valence-electron chi connectivity index (χ3n) is 3.72. The Hall–Kier alpha value is -1.57. The van der Waals surface area contributed by atoms with Crippen LogP contribution in [0.2, 0.25) is 0 Å². The van der Waals surface area contributed by atoms with Crippen molar-refractivity contribution in [1.82, 2.24) is 9.55 Å². The highest BCUT2D eigenvalue weighted by Crippen LogP contribution is 2.35. The van der Waals surface area contributed by atoms with Gasteiger partial charge in [-0.3, -0.25) is 0 Å². The molecule has 2 aromatic rings. The Morgan fingerprint density at radius 3 is 2.82 bits per heavy atom. The molecule has 0 spiro atoms. The summed E-state index contributed by atoms with van der Waals surface area (Å²) in [4.78, 5) is 4.83. The molecule has 1 saturated carbocycles. The lowest BCUT2D eigenvalue weighted by molar-refractivity contribution is 0.623. The molecule has 17 heavy (non-hydrogen) atoms. The number of hydrogen-bond donors (Lipinski definition) is 0. The first-order chi connectivity index (χ1) is 8.40. The number of aromatic nitrogens is 2. The molecule has 0 bridgehead atoms. The fourth-order valence-electron chi connectivity index (χ4n) is 2.91. The Kier molecular flexibility index (Phi) is 2.71. The monoisotopic (exact) mass is 226 g/mol. The van der Waals surface area contributed by atoms with Gasteiger partial charge in [-0.2, -0.15) is 0 Å². The van der Waals surface area contributed by atoms with E-state index in [-0.39, 0.29) is 0 Å². The maximum absolute atomic E-state index is 4.83. The van der Waals surface area contributed by atoms with E-state index >= 15 is 0 Å². The average Bonchev–Trinajstić information content (AvgIpc) is 2.97. The molecule has 0 aliphatic heterocycles. The van der Waals surface area contributed by atoms with Gasteiger partial charge in [-0.05, 0) is 25.0 Å². The molecular formula is C15H18N2. The van der Waals surface area contributed by atoms with Crippen LogP contribution in [0.3, 0.4) is 0 Å². The van der Waals surface area contributed by atoms with Gasteiger partial charge in [-0.15, -0.1) is 6.58 Å². The molecule has 0 saturated heterocycles. The smallest absolute Gasteiger partial charge is 0.113 e. The number of hydrogen-bond acceptors (Lipinski definition) is 1. The van der Waals surface area contributed by atoms with Crippen molar-refractivity contribution >= 4 is 11.0 Å². The number of imidazole rings is 1. The molecule has 2 heteroatoms. The van der Waals surface area contributed by atoms with Gasteiger partial charge in [0.2, 0.25) is 0 Å². The average molecular weight is 226 g/mol. The van der Waals surface area contributed by atoms with Crippen molar-refractivity contribution in [2.24, 2.45) is 0 Å². The Balaban J connectivity index is 2.14. The van der Waals surface area contributed by atoms with Crippen molar-refractivity contribution < 1.29 is 0 Å². The third-order valence-corrected chi connectivity index (χ3v) is 3.72. The molecule has 2 nitrogen and oxygen atoms in total. The zero-order valence-corrected chi connectivity index (χ0v) is 10.1. The van der Waals surface area contributed by atoms with E-state index in [0.29, 0.717) is 5.92 Å². The van der Waals surface area contributed by atoms with Gasteiger partial charge in [0.25, 0.3) is 0 Å². The summed E-state index contributed by atoms with van der Waals surface area (Å²) in [5.41, 5.74) is 2.37. The largest absolute Gasteiger partial charge is 0.324 e. The number of para-hydroxylation sites is 2. The molecule has 1 heterocycles. The van der Waals surface area contributed by atoms with Crippen molar-refractivity contribution in [3.05, 3.63) is 42.7 Å². The van der Waals surface area contributed by atoms with Crippen LogP contribution in [0.1, 0.15) is 37.4 Å². The lowest BCUT2D eigenvalue weighted by Gasteiger charge is -2.11. The second-order valence-corrected chi connectivity index (χ2v) is 4.84. The van der Waals surface area contributed by atoms with E-state index in [9.17, 15) is 0 Å². The minimum absolute atomic E-state index is 0.655. The molecule has 0 radical (unpaired) electrons. The van der Waals surface area contributed by atoms with Crippen LogP contribution in [-0.4, -0.2) is 9.55 Å². The van der Waals surface area contributed by atoms with Crippen LogP contribution in [0.15, 0.2) is 36.9 Å². The maximum Gasteiger partial charge on any atom is 0.113 e. The van der Waals surface area contributed by atoms with E-state index in [1.165, 1.54) is 37.0 Å². The van der Waals surface area contributed by atoms with Crippen molar-refractivity contribution in [3.8, 4) is 0 Å². The third kappa shape index (κ3) is 1.78. The molecule has 1 fully saturated rings. The van der Waals surface area contributed by atoms with Crippen LogP contribution in [0.4, 0.5) is 0 Å². The molecule has 1 aliphatic rings. The van der Waals surface area contributed by atoms with E-state index in [4.69, 9.17) is 4.98 Å². The number of benzene rings is 1. The van der Waals surface area contributed by atoms with Crippen LogP contribution in [0.5, 0.6) is 0 Å². The van der Waals surface area contributed by atoms with Gasteiger partial charge in [0, 0.05) is 12.5 Å². The Morgan fingerprint density at radius 2 is 2.06 bits per heavy atom. The summed E-state index contributed by atoms with van der Waals surface area (Å²) in [7, 11) is 0. The van der Waals surface area contributed by atoms with Gasteiger partial charge in [0.1, 0.15) is 5.82 Å². The Morgan fingerprint density at radius 1 is 1.29 bits per heavy atom. The van der Waals surface area contributed by atoms with Crippen molar-refractivity contribution in [3.63, 3.8) is 0 Å². The first kappa shape index (κ1) is 10.6. The fourth-order valence-corrected chi connectivity index (χ4v) is 2.91. The number of allylic oxidation sites excluding steroid dienone is 1. The normalized spacial score (nSPS) is 16.7. The lowest BCUT2D eigenvalue weighted by Crippen LogP contribution is -2.05. The summed E-state index contributed by atoms with van der Waals surface area (Å²) < 4.78 is 2.33. The molecule has 0 amide bonds. The standard InChI is InChI=1S/C15H18N2/c1-2-11-17-14-10-6-5-9-13(14)16-15(17)12-7-3-4-8-12/h2,5-6,9-10,12H,1,3-4,7-8,11H2. The van der Waals surface area contributed by atoms with Gasteiger partial charge < -0.3 is 4.57 Å². The fraction of sp³-hybridized carbons (Fsp3) is 0.400. The molecule has 0 N–H and O–H groups in total. The Labute approximate surface area is 102 Å². The summed E-state index contributed by atoms with van der Waals surface area (Å²) in [6.07, 6.45) is 7.25. The summed E-state index contributed by atoms with van der Waals surface area (Å²) in [6, 6.07) is 8.41. The Bertz CT molecular complexity index is 533. The van der Waals surface area contributed by atoms with E-state index < -0.39 is 0 Å². The molecule has 0 atom stereocenters. The SMILES string of the molecule is C=CCn1c(C2CCCC2)nc2ccccc21. The first-order valence-corrected chi connectivity index (χ1v) is 6.46. The maximum atomic E-state index is 4.83. The van der Waals surface area contributed by atoms with E-state index in [1.54, 1.807) is 0 Å². The van der Waals surface area contributed by atoms with Crippen LogP contribution >= 0.6 is 0 Å². The minimum Gasteiger partial charge on any atom is -0.324 e. The minimum atomic E-state index is 0.655. The van der Waals surface area contributed by atoms with Crippen molar-refractivity contribution in [1.29, 1.82) is 0 Å². The highest BCUT2D eigenvalue weighted by Gasteiger charge is 2.22. The molecular weight excluding hydrogens is 208 g/mol. The van der Waals surface area contributed by atoms with Gasteiger partial charge in [0.15, 0.2) is 0 Å². The first-order valence-electron chi connectivity index (χ1n) is 6.46. The zero-order chi connectivity index (χ0) is 11.7. The number of nitrogens with zero attached hydrogens (tertiary/aromatic N) is 2. The zero-order valence-electron chi connectivity index (χ0n) is 10.1. The van der Waals surface area contributed by atoms with Crippen molar-refractivity contribution in [2.75, 3.05) is 0 Å². The number of fused-ring (bicyclic) bond motifs is 1. The molecule has 1 aliphatic carbocycles. The molecule has 88 valence electrons. The van der Waals surface area contributed by atoms with Crippen LogP contribution < -0.4 is 0 Å². The van der Waals surface area contributed by atoms with E-state index in [1.807, 2.05) is 6.08 Å². The summed E-state index contributed by atoms with van der Waals surface area (Å²) in [6.45, 7) is 4.73. The second kappa shape index (κ2) is 4.36.